The fourth-order valence-electron chi connectivity index (χ4n) is 2.41. The van der Waals surface area contributed by atoms with Gasteiger partial charge in [-0.05, 0) is 46.5 Å². The summed E-state index contributed by atoms with van der Waals surface area (Å²) in [6.45, 7) is 6.54. The number of benzene rings is 1. The second-order valence-electron chi connectivity index (χ2n) is 6.65. The van der Waals surface area contributed by atoms with Gasteiger partial charge in [-0.2, -0.15) is 0 Å². The van der Waals surface area contributed by atoms with Gasteiger partial charge in [0.2, 0.25) is 0 Å². The third-order valence-corrected chi connectivity index (χ3v) is 4.58. The van der Waals surface area contributed by atoms with Gasteiger partial charge in [-0.25, -0.2) is 0 Å². The summed E-state index contributed by atoms with van der Waals surface area (Å²) in [6, 6.07) is 12.1. The van der Waals surface area contributed by atoms with Crippen LogP contribution >= 0.6 is 11.8 Å². The molecule has 0 aliphatic carbocycles. The zero-order valence-electron chi connectivity index (χ0n) is 13.8. The van der Waals surface area contributed by atoms with Crippen LogP contribution in [0.1, 0.15) is 31.9 Å². The Hall–Kier alpha value is -2.40. The van der Waals surface area contributed by atoms with Crippen molar-refractivity contribution in [2.45, 2.75) is 26.2 Å². The largest absolute Gasteiger partial charge is 0.290 e. The first kappa shape index (κ1) is 16.5. The summed E-state index contributed by atoms with van der Waals surface area (Å²) in [5.74, 6) is -0.349. The number of hydrogen-bond donors (Lipinski definition) is 1. The second-order valence-corrected chi connectivity index (χ2v) is 7.67. The van der Waals surface area contributed by atoms with Crippen molar-refractivity contribution in [3.63, 3.8) is 0 Å². The summed E-state index contributed by atoms with van der Waals surface area (Å²) in [5, 5.41) is 1.92. The molecule has 1 saturated heterocycles. The number of aromatic nitrogens is 1. The minimum absolute atomic E-state index is 0.109. The number of hydrogen-bond acceptors (Lipinski definition) is 4. The first-order valence-electron chi connectivity index (χ1n) is 7.65. The lowest BCUT2D eigenvalue weighted by Crippen LogP contribution is -2.17. The van der Waals surface area contributed by atoms with Crippen molar-refractivity contribution in [1.29, 1.82) is 0 Å². The van der Waals surface area contributed by atoms with Crippen molar-refractivity contribution in [1.82, 2.24) is 10.3 Å². The van der Waals surface area contributed by atoms with Crippen LogP contribution in [0, 0.1) is 0 Å². The Bertz CT molecular complexity index is 833. The Morgan fingerprint density at radius 3 is 2.38 bits per heavy atom. The Kier molecular flexibility index (Phi) is 4.28. The fraction of sp³-hybridized carbons (Fsp3) is 0.211. The lowest BCUT2D eigenvalue weighted by atomic mass is 9.86. The predicted molar refractivity (Wildman–Crippen MR) is 97.5 cm³/mol. The minimum atomic E-state index is -0.349. The van der Waals surface area contributed by atoms with Crippen LogP contribution in [0.25, 0.3) is 17.3 Å². The molecular formula is C19H18N2O2S. The molecule has 0 atom stereocenters. The molecule has 1 N–H and O–H groups in total. The van der Waals surface area contributed by atoms with Crippen molar-refractivity contribution in [3.8, 4) is 11.3 Å². The molecule has 0 radical (unpaired) electrons. The van der Waals surface area contributed by atoms with Gasteiger partial charge in [0.15, 0.2) is 0 Å². The summed E-state index contributed by atoms with van der Waals surface area (Å²) >= 11 is 0.916. The quantitative estimate of drug-likeness (QED) is 0.826. The summed E-state index contributed by atoms with van der Waals surface area (Å²) < 4.78 is 0. The Labute approximate surface area is 145 Å². The Morgan fingerprint density at radius 2 is 1.79 bits per heavy atom. The summed E-state index contributed by atoms with van der Waals surface area (Å²) in [6.07, 6.45) is 3.42. The van der Waals surface area contributed by atoms with Gasteiger partial charge >= 0.3 is 0 Å². The smallest absolute Gasteiger partial charge is 0.282 e. The van der Waals surface area contributed by atoms with Gasteiger partial charge in [-0.3, -0.25) is 19.9 Å². The van der Waals surface area contributed by atoms with Crippen molar-refractivity contribution in [2.75, 3.05) is 0 Å². The molecule has 5 heteroatoms. The highest BCUT2D eigenvalue weighted by Crippen LogP contribution is 2.28. The molecule has 0 bridgehead atoms. The highest BCUT2D eigenvalue weighted by Gasteiger charge is 2.24. The lowest BCUT2D eigenvalue weighted by molar-refractivity contribution is -0.115. The number of carbonyl (C=O) groups is 2. The maximum atomic E-state index is 11.6. The minimum Gasteiger partial charge on any atom is -0.282 e. The SMILES string of the molecule is CC(C)(C)c1ccc(-c2cc(/C=C3\SC(=O)NC3=O)ccn2)cc1. The Balaban J connectivity index is 1.90. The molecule has 2 aromatic rings. The van der Waals surface area contributed by atoms with Crippen LogP contribution in [0.15, 0.2) is 47.5 Å². The van der Waals surface area contributed by atoms with E-state index in [1.165, 1.54) is 5.56 Å². The van der Waals surface area contributed by atoms with Crippen LogP contribution in [0.2, 0.25) is 0 Å². The molecule has 0 saturated carbocycles. The lowest BCUT2D eigenvalue weighted by Gasteiger charge is -2.19. The first-order chi connectivity index (χ1) is 11.3. The molecule has 0 spiro atoms. The van der Waals surface area contributed by atoms with Crippen molar-refractivity contribution in [3.05, 3.63) is 58.6 Å². The molecule has 2 amide bonds. The van der Waals surface area contributed by atoms with E-state index in [2.05, 4.69) is 55.3 Å². The third-order valence-electron chi connectivity index (χ3n) is 3.77. The number of nitrogens with zero attached hydrogens (tertiary/aromatic N) is 1. The average Bonchev–Trinajstić information content (AvgIpc) is 2.84. The maximum Gasteiger partial charge on any atom is 0.290 e. The normalized spacial score (nSPS) is 16.5. The van der Waals surface area contributed by atoms with Gasteiger partial charge in [0.1, 0.15) is 0 Å². The number of thioether (sulfide) groups is 1. The molecule has 3 rings (SSSR count). The number of nitrogens with one attached hydrogen (secondary N) is 1. The number of pyridine rings is 1. The molecular weight excluding hydrogens is 320 g/mol. The molecule has 1 aromatic heterocycles. The van der Waals surface area contributed by atoms with Crippen LogP contribution in [0.4, 0.5) is 4.79 Å². The van der Waals surface area contributed by atoms with Crippen LogP contribution in [0.5, 0.6) is 0 Å². The van der Waals surface area contributed by atoms with E-state index in [1.807, 2.05) is 12.1 Å². The Morgan fingerprint density at radius 1 is 1.08 bits per heavy atom. The van der Waals surface area contributed by atoms with E-state index >= 15 is 0 Å². The van der Waals surface area contributed by atoms with Crippen molar-refractivity contribution >= 4 is 29.0 Å². The molecule has 4 nitrogen and oxygen atoms in total. The van der Waals surface area contributed by atoms with E-state index in [0.29, 0.717) is 4.91 Å². The number of carbonyl (C=O) groups excluding carboxylic acids is 2. The second kappa shape index (κ2) is 6.24. The molecule has 1 aromatic carbocycles. The van der Waals surface area contributed by atoms with E-state index in [4.69, 9.17) is 0 Å². The first-order valence-corrected chi connectivity index (χ1v) is 8.46. The summed E-state index contributed by atoms with van der Waals surface area (Å²) in [4.78, 5) is 27.7. The predicted octanol–water partition coefficient (Wildman–Crippen LogP) is 4.37. The van der Waals surface area contributed by atoms with Gasteiger partial charge in [0.25, 0.3) is 11.1 Å². The maximum absolute atomic E-state index is 11.6. The molecule has 1 aliphatic heterocycles. The number of amides is 2. The van der Waals surface area contributed by atoms with Gasteiger partial charge < -0.3 is 0 Å². The van der Waals surface area contributed by atoms with E-state index in [-0.39, 0.29) is 16.6 Å². The fourth-order valence-corrected chi connectivity index (χ4v) is 3.09. The van der Waals surface area contributed by atoms with Gasteiger partial charge in [-0.15, -0.1) is 0 Å². The van der Waals surface area contributed by atoms with E-state index in [1.54, 1.807) is 12.3 Å². The van der Waals surface area contributed by atoms with Gasteiger partial charge in [0, 0.05) is 11.8 Å². The van der Waals surface area contributed by atoms with Crippen molar-refractivity contribution in [2.24, 2.45) is 0 Å². The molecule has 122 valence electrons. The number of imide groups is 1. The van der Waals surface area contributed by atoms with E-state index in [9.17, 15) is 9.59 Å². The van der Waals surface area contributed by atoms with Gasteiger partial charge in [0.05, 0.1) is 10.6 Å². The summed E-state index contributed by atoms with van der Waals surface area (Å²) in [5.41, 5.74) is 4.06. The molecule has 1 aliphatic rings. The zero-order valence-corrected chi connectivity index (χ0v) is 14.6. The summed E-state index contributed by atoms with van der Waals surface area (Å²) in [7, 11) is 0. The monoisotopic (exact) mass is 338 g/mol. The molecule has 2 heterocycles. The van der Waals surface area contributed by atoms with E-state index in [0.717, 1.165) is 28.6 Å². The highest BCUT2D eigenvalue weighted by atomic mass is 32.2. The number of rotatable bonds is 2. The van der Waals surface area contributed by atoms with Crippen LogP contribution in [-0.4, -0.2) is 16.1 Å². The average molecular weight is 338 g/mol. The van der Waals surface area contributed by atoms with Crippen molar-refractivity contribution < 1.29 is 9.59 Å². The van der Waals surface area contributed by atoms with Crippen LogP contribution in [-0.2, 0) is 10.2 Å². The zero-order chi connectivity index (χ0) is 17.3. The van der Waals surface area contributed by atoms with Crippen LogP contribution in [0.3, 0.4) is 0 Å². The van der Waals surface area contributed by atoms with Crippen LogP contribution < -0.4 is 5.32 Å². The highest BCUT2D eigenvalue weighted by molar-refractivity contribution is 8.18. The molecule has 0 unspecified atom stereocenters. The molecule has 1 fully saturated rings. The third kappa shape index (κ3) is 3.57. The topological polar surface area (TPSA) is 59.1 Å². The molecule has 24 heavy (non-hydrogen) atoms. The standard InChI is InChI=1S/C19H18N2O2S/c1-19(2,3)14-6-4-13(5-7-14)15-10-12(8-9-20-15)11-16-17(22)21-18(23)24-16/h4-11H,1-3H3,(H,21,22,23)/b16-11-. The van der Waals surface area contributed by atoms with E-state index < -0.39 is 0 Å². The van der Waals surface area contributed by atoms with Gasteiger partial charge in [-0.1, -0.05) is 45.0 Å².